The monoisotopic (exact) mass is 558 g/mol. The number of hydrogen-bond donors (Lipinski definition) is 1. The van der Waals surface area contributed by atoms with Gasteiger partial charge in [-0.25, -0.2) is 8.78 Å². The van der Waals surface area contributed by atoms with Gasteiger partial charge in [-0.1, -0.05) is 24.3 Å². The molecule has 0 unspecified atom stereocenters. The summed E-state index contributed by atoms with van der Waals surface area (Å²) in [5.74, 6) is 0.755. The number of piperidine rings is 1. The first-order valence-corrected chi connectivity index (χ1v) is 12.2. The first-order chi connectivity index (χ1) is 17.0. The lowest BCUT2D eigenvalue weighted by Gasteiger charge is -2.36. The lowest BCUT2D eigenvalue weighted by atomic mass is 9.76. The Bertz CT molecular complexity index is 1040. The van der Waals surface area contributed by atoms with Gasteiger partial charge in [-0.15, -0.1) is 17.0 Å². The molecule has 1 saturated heterocycles. The fourth-order valence-corrected chi connectivity index (χ4v) is 4.90. The molecule has 4 rings (SSSR count). The van der Waals surface area contributed by atoms with Gasteiger partial charge in [0.15, 0.2) is 0 Å². The van der Waals surface area contributed by atoms with E-state index < -0.39 is 0 Å². The highest BCUT2D eigenvalue weighted by Crippen LogP contribution is 2.38. The van der Waals surface area contributed by atoms with Crippen LogP contribution in [-0.2, 0) is 4.79 Å². The van der Waals surface area contributed by atoms with Gasteiger partial charge in [0.1, 0.15) is 17.4 Å². The van der Waals surface area contributed by atoms with E-state index in [2.05, 4.69) is 10.2 Å². The number of nitrogens with one attached hydrogen (secondary N) is 1. The second-order valence-electron chi connectivity index (χ2n) is 9.17. The van der Waals surface area contributed by atoms with Gasteiger partial charge in [0, 0.05) is 25.1 Å². The van der Waals surface area contributed by atoms with Crippen LogP contribution in [-0.4, -0.2) is 37.0 Å². The van der Waals surface area contributed by atoms with Crippen LogP contribution in [0.25, 0.3) is 0 Å². The maximum atomic E-state index is 13.5. The molecule has 0 spiro atoms. The molecule has 7 heteroatoms. The quantitative estimate of drug-likeness (QED) is 0.293. The van der Waals surface area contributed by atoms with Crippen molar-refractivity contribution in [3.63, 3.8) is 0 Å². The maximum Gasteiger partial charge on any atom is 0.221 e. The molecular weight excluding hydrogens is 526 g/mol. The van der Waals surface area contributed by atoms with Crippen molar-refractivity contribution < 1.29 is 18.3 Å². The lowest BCUT2D eigenvalue weighted by molar-refractivity contribution is -0.114. The van der Waals surface area contributed by atoms with Gasteiger partial charge in [0.2, 0.25) is 5.91 Å². The molecule has 192 valence electrons. The van der Waals surface area contributed by atoms with Crippen LogP contribution >= 0.6 is 17.0 Å². The third-order valence-electron chi connectivity index (χ3n) is 6.62. The van der Waals surface area contributed by atoms with Gasteiger partial charge in [0.05, 0.1) is 6.61 Å². The molecule has 1 aliphatic heterocycles. The van der Waals surface area contributed by atoms with Gasteiger partial charge in [-0.2, -0.15) is 0 Å². The molecule has 36 heavy (non-hydrogen) atoms. The topological polar surface area (TPSA) is 41.6 Å². The Morgan fingerprint density at radius 2 is 1.44 bits per heavy atom. The van der Waals surface area contributed by atoms with Crippen LogP contribution in [0, 0.1) is 17.6 Å². The summed E-state index contributed by atoms with van der Waals surface area (Å²) in [6, 6.07) is 20.9. The molecule has 1 aliphatic rings. The van der Waals surface area contributed by atoms with E-state index >= 15 is 0 Å². The zero-order chi connectivity index (χ0) is 24.6. The van der Waals surface area contributed by atoms with E-state index in [9.17, 15) is 13.6 Å². The van der Waals surface area contributed by atoms with Crippen molar-refractivity contribution in [1.29, 1.82) is 0 Å². The Hall–Kier alpha value is -2.77. The minimum absolute atomic E-state index is 0. The van der Waals surface area contributed by atoms with E-state index in [1.54, 1.807) is 0 Å². The average molecular weight is 559 g/mol. The summed E-state index contributed by atoms with van der Waals surface area (Å²) < 4.78 is 32.9. The highest BCUT2D eigenvalue weighted by Gasteiger charge is 2.29. The molecule has 0 atom stereocenters. The van der Waals surface area contributed by atoms with Crippen LogP contribution in [0.15, 0.2) is 72.8 Å². The standard InChI is InChI=1S/C29H32F2N2O2.BrH/c1-21(34)32-27-11-13-28(14-12-27)35-20-2-17-33-18-15-24(16-19-33)29(22-3-7-25(30)8-4-22)23-5-9-26(31)10-6-23;/h3-14,24,29H,2,15-20H2,1H3,(H,32,34);1H. The van der Waals surface area contributed by atoms with E-state index in [1.807, 2.05) is 48.5 Å². The Morgan fingerprint density at radius 1 is 0.917 bits per heavy atom. The van der Waals surface area contributed by atoms with E-state index in [0.717, 1.165) is 61.5 Å². The Kier molecular flexibility index (Phi) is 10.4. The van der Waals surface area contributed by atoms with Crippen molar-refractivity contribution in [3.8, 4) is 5.75 Å². The van der Waals surface area contributed by atoms with Crippen LogP contribution in [0.4, 0.5) is 14.5 Å². The second-order valence-corrected chi connectivity index (χ2v) is 9.17. The molecule has 0 aromatic heterocycles. The first kappa shape index (κ1) is 27.8. The molecule has 0 saturated carbocycles. The van der Waals surface area contributed by atoms with E-state index in [-0.39, 0.29) is 40.4 Å². The number of ether oxygens (including phenoxy) is 1. The summed E-state index contributed by atoms with van der Waals surface area (Å²) in [5.41, 5.74) is 2.91. The van der Waals surface area contributed by atoms with Crippen molar-refractivity contribution in [2.45, 2.75) is 32.1 Å². The van der Waals surface area contributed by atoms with E-state index in [0.29, 0.717) is 12.5 Å². The fourth-order valence-electron chi connectivity index (χ4n) is 4.90. The van der Waals surface area contributed by atoms with Gasteiger partial charge in [0.25, 0.3) is 0 Å². The summed E-state index contributed by atoms with van der Waals surface area (Å²) in [4.78, 5) is 13.6. The average Bonchev–Trinajstić information content (AvgIpc) is 2.86. The Morgan fingerprint density at radius 3 is 1.94 bits per heavy atom. The number of hydrogen-bond acceptors (Lipinski definition) is 3. The van der Waals surface area contributed by atoms with Crippen LogP contribution in [0.2, 0.25) is 0 Å². The van der Waals surface area contributed by atoms with Crippen molar-refractivity contribution in [3.05, 3.63) is 95.6 Å². The van der Waals surface area contributed by atoms with Crippen molar-refractivity contribution >= 4 is 28.6 Å². The summed E-state index contributed by atoms with van der Waals surface area (Å²) >= 11 is 0. The number of likely N-dealkylation sites (tertiary alicyclic amines) is 1. The van der Waals surface area contributed by atoms with Crippen molar-refractivity contribution in [2.24, 2.45) is 5.92 Å². The van der Waals surface area contributed by atoms with Crippen LogP contribution in [0.5, 0.6) is 5.75 Å². The molecule has 0 aliphatic carbocycles. The molecule has 1 heterocycles. The number of rotatable bonds is 9. The minimum Gasteiger partial charge on any atom is -0.494 e. The zero-order valence-corrected chi connectivity index (χ0v) is 22.2. The lowest BCUT2D eigenvalue weighted by Crippen LogP contribution is -2.36. The predicted octanol–water partition coefficient (Wildman–Crippen LogP) is 6.81. The Balaban J connectivity index is 0.00000361. The number of halogens is 3. The number of carbonyl (C=O) groups is 1. The van der Waals surface area contributed by atoms with Gasteiger partial charge in [-0.05, 0) is 97.9 Å². The normalized spacial score (nSPS) is 14.3. The number of carbonyl (C=O) groups excluding carboxylic acids is 1. The summed E-state index contributed by atoms with van der Waals surface area (Å²) in [5, 5.41) is 2.74. The Labute approximate surface area is 222 Å². The number of amides is 1. The maximum absolute atomic E-state index is 13.5. The predicted molar refractivity (Wildman–Crippen MR) is 145 cm³/mol. The molecule has 3 aromatic rings. The number of anilines is 1. The third-order valence-corrected chi connectivity index (χ3v) is 6.62. The SMILES string of the molecule is Br.CC(=O)Nc1ccc(OCCCN2CCC(C(c3ccc(F)cc3)c3ccc(F)cc3)CC2)cc1. The molecule has 0 bridgehead atoms. The second kappa shape index (κ2) is 13.5. The summed E-state index contributed by atoms with van der Waals surface area (Å²) in [6.07, 6.45) is 2.99. The van der Waals surface area contributed by atoms with Crippen LogP contribution < -0.4 is 10.1 Å². The van der Waals surface area contributed by atoms with Crippen molar-refractivity contribution in [2.75, 3.05) is 31.6 Å². The number of nitrogens with zero attached hydrogens (tertiary/aromatic N) is 1. The highest BCUT2D eigenvalue weighted by atomic mass is 79.9. The highest BCUT2D eigenvalue weighted by molar-refractivity contribution is 8.93. The van der Waals surface area contributed by atoms with Gasteiger partial charge in [-0.3, -0.25) is 4.79 Å². The van der Waals surface area contributed by atoms with Gasteiger partial charge >= 0.3 is 0 Å². The molecule has 0 radical (unpaired) electrons. The smallest absolute Gasteiger partial charge is 0.221 e. The first-order valence-electron chi connectivity index (χ1n) is 12.2. The van der Waals surface area contributed by atoms with E-state index in [4.69, 9.17) is 4.74 Å². The largest absolute Gasteiger partial charge is 0.494 e. The van der Waals surface area contributed by atoms with Crippen LogP contribution in [0.1, 0.15) is 43.2 Å². The molecule has 1 N–H and O–H groups in total. The molecule has 4 nitrogen and oxygen atoms in total. The van der Waals surface area contributed by atoms with Gasteiger partial charge < -0.3 is 15.0 Å². The molecule has 1 amide bonds. The molecule has 3 aromatic carbocycles. The molecule has 1 fully saturated rings. The minimum atomic E-state index is -0.243. The molecular formula is C29H33BrF2N2O2. The van der Waals surface area contributed by atoms with Crippen molar-refractivity contribution in [1.82, 2.24) is 4.90 Å². The zero-order valence-electron chi connectivity index (χ0n) is 20.5. The number of benzene rings is 3. The summed E-state index contributed by atoms with van der Waals surface area (Å²) in [7, 11) is 0. The third kappa shape index (κ3) is 7.87. The summed E-state index contributed by atoms with van der Waals surface area (Å²) in [6.45, 7) is 5.07. The fraction of sp³-hybridized carbons (Fsp3) is 0.345. The van der Waals surface area contributed by atoms with Crippen LogP contribution in [0.3, 0.4) is 0 Å². The van der Waals surface area contributed by atoms with E-state index in [1.165, 1.54) is 31.2 Å².